The number of carbonyl (C=O) groups excluding carboxylic acids is 1. The SMILES string of the molecule is COc1ccc(N(CCN)C(=O)c2ccc3c(c2OC)C=CC(C)(C)O3)nc1OC. The number of aromatic nitrogens is 1. The number of nitrogens with zero attached hydrogens (tertiary/aromatic N) is 2. The van der Waals surface area contributed by atoms with Crippen LogP contribution in [0.5, 0.6) is 23.1 Å². The first-order valence-corrected chi connectivity index (χ1v) is 9.55. The number of hydrogen-bond donors (Lipinski definition) is 1. The van der Waals surface area contributed by atoms with Gasteiger partial charge in [0, 0.05) is 13.1 Å². The molecule has 1 aromatic carbocycles. The zero-order chi connectivity index (χ0) is 21.9. The molecular weight excluding hydrogens is 386 g/mol. The Bertz CT molecular complexity index is 971. The number of nitrogens with two attached hydrogens (primary N) is 1. The van der Waals surface area contributed by atoms with Crippen molar-refractivity contribution in [3.05, 3.63) is 41.5 Å². The summed E-state index contributed by atoms with van der Waals surface area (Å²) in [6, 6.07) is 6.85. The molecule has 0 bridgehead atoms. The molecule has 0 aliphatic carbocycles. The molecule has 0 fully saturated rings. The van der Waals surface area contributed by atoms with Crippen molar-refractivity contribution in [1.29, 1.82) is 0 Å². The second kappa shape index (κ2) is 8.62. The summed E-state index contributed by atoms with van der Waals surface area (Å²) in [5.74, 6) is 1.95. The van der Waals surface area contributed by atoms with E-state index in [0.29, 0.717) is 28.6 Å². The molecule has 1 aromatic heterocycles. The largest absolute Gasteiger partial charge is 0.495 e. The maximum atomic E-state index is 13.5. The molecule has 2 N–H and O–H groups in total. The second-order valence-electron chi connectivity index (χ2n) is 7.22. The Balaban J connectivity index is 2.05. The van der Waals surface area contributed by atoms with Gasteiger partial charge in [-0.1, -0.05) is 0 Å². The van der Waals surface area contributed by atoms with E-state index in [1.54, 1.807) is 24.3 Å². The van der Waals surface area contributed by atoms with Gasteiger partial charge in [0.15, 0.2) is 5.75 Å². The average molecular weight is 413 g/mol. The number of amides is 1. The first-order valence-electron chi connectivity index (χ1n) is 9.55. The Morgan fingerprint density at radius 2 is 1.90 bits per heavy atom. The molecular formula is C22H27N3O5. The van der Waals surface area contributed by atoms with Gasteiger partial charge in [-0.15, -0.1) is 0 Å². The van der Waals surface area contributed by atoms with E-state index in [2.05, 4.69) is 4.98 Å². The summed E-state index contributed by atoms with van der Waals surface area (Å²) < 4.78 is 22.1. The molecule has 1 aliphatic heterocycles. The fraction of sp³-hybridized carbons (Fsp3) is 0.364. The number of fused-ring (bicyclic) bond motifs is 1. The van der Waals surface area contributed by atoms with Crippen LogP contribution in [0.15, 0.2) is 30.3 Å². The van der Waals surface area contributed by atoms with E-state index in [0.717, 1.165) is 5.56 Å². The number of pyridine rings is 1. The minimum atomic E-state index is -0.432. The minimum absolute atomic E-state index is 0.256. The van der Waals surface area contributed by atoms with Crippen molar-refractivity contribution >= 4 is 17.8 Å². The molecule has 8 nitrogen and oxygen atoms in total. The van der Waals surface area contributed by atoms with Gasteiger partial charge in [-0.2, -0.15) is 4.98 Å². The molecule has 2 aromatic rings. The van der Waals surface area contributed by atoms with Crippen LogP contribution in [-0.2, 0) is 0 Å². The van der Waals surface area contributed by atoms with Crippen LogP contribution in [-0.4, -0.2) is 50.9 Å². The van der Waals surface area contributed by atoms with Crippen molar-refractivity contribution in [2.24, 2.45) is 5.73 Å². The highest BCUT2D eigenvalue weighted by Crippen LogP contribution is 2.39. The smallest absolute Gasteiger partial charge is 0.263 e. The summed E-state index contributed by atoms with van der Waals surface area (Å²) in [7, 11) is 4.54. The summed E-state index contributed by atoms with van der Waals surface area (Å²) in [6.07, 6.45) is 3.84. The molecule has 3 rings (SSSR count). The molecule has 1 amide bonds. The minimum Gasteiger partial charge on any atom is -0.495 e. The fourth-order valence-electron chi connectivity index (χ4n) is 3.28. The van der Waals surface area contributed by atoms with Gasteiger partial charge in [0.1, 0.15) is 22.9 Å². The number of methoxy groups -OCH3 is 3. The molecule has 0 radical (unpaired) electrons. The van der Waals surface area contributed by atoms with Crippen molar-refractivity contribution in [1.82, 2.24) is 4.98 Å². The molecule has 0 unspecified atom stereocenters. The van der Waals surface area contributed by atoms with Gasteiger partial charge in [0.05, 0.1) is 32.5 Å². The van der Waals surface area contributed by atoms with Crippen molar-refractivity contribution in [2.45, 2.75) is 19.4 Å². The average Bonchev–Trinajstić information content (AvgIpc) is 2.74. The van der Waals surface area contributed by atoms with Crippen LogP contribution < -0.4 is 29.6 Å². The van der Waals surface area contributed by atoms with Gasteiger partial charge in [0.25, 0.3) is 11.8 Å². The summed E-state index contributed by atoms with van der Waals surface area (Å²) >= 11 is 0. The third kappa shape index (κ3) is 4.04. The molecule has 0 spiro atoms. The van der Waals surface area contributed by atoms with E-state index in [1.807, 2.05) is 26.0 Å². The number of ether oxygens (including phenoxy) is 4. The van der Waals surface area contributed by atoms with Gasteiger partial charge in [-0.05, 0) is 50.3 Å². The Morgan fingerprint density at radius 3 is 2.53 bits per heavy atom. The monoisotopic (exact) mass is 413 g/mol. The van der Waals surface area contributed by atoms with Crippen LogP contribution in [0.1, 0.15) is 29.8 Å². The zero-order valence-electron chi connectivity index (χ0n) is 17.9. The third-order valence-corrected chi connectivity index (χ3v) is 4.71. The first kappa shape index (κ1) is 21.4. The van der Waals surface area contributed by atoms with Gasteiger partial charge in [-0.3, -0.25) is 9.69 Å². The Hall–Kier alpha value is -3.26. The number of hydrogen-bond acceptors (Lipinski definition) is 7. The van der Waals surface area contributed by atoms with Crippen LogP contribution in [0, 0.1) is 0 Å². The lowest BCUT2D eigenvalue weighted by atomic mass is 9.99. The van der Waals surface area contributed by atoms with Gasteiger partial charge in [-0.25, -0.2) is 0 Å². The molecule has 0 saturated carbocycles. The maximum Gasteiger partial charge on any atom is 0.263 e. The first-order chi connectivity index (χ1) is 14.3. The Morgan fingerprint density at radius 1 is 1.13 bits per heavy atom. The molecule has 8 heteroatoms. The van der Waals surface area contributed by atoms with Gasteiger partial charge < -0.3 is 24.7 Å². The highest BCUT2D eigenvalue weighted by molar-refractivity contribution is 6.08. The molecule has 0 atom stereocenters. The number of benzene rings is 1. The lowest BCUT2D eigenvalue weighted by Gasteiger charge is -2.29. The summed E-state index contributed by atoms with van der Waals surface area (Å²) in [5, 5.41) is 0. The van der Waals surface area contributed by atoms with Crippen LogP contribution in [0.25, 0.3) is 6.08 Å². The van der Waals surface area contributed by atoms with Crippen molar-refractivity contribution in [3.8, 4) is 23.1 Å². The summed E-state index contributed by atoms with van der Waals surface area (Å²) in [4.78, 5) is 19.4. The Kier molecular flexibility index (Phi) is 6.17. The van der Waals surface area contributed by atoms with E-state index < -0.39 is 5.60 Å². The molecule has 30 heavy (non-hydrogen) atoms. The lowest BCUT2D eigenvalue weighted by molar-refractivity contribution is 0.0983. The molecule has 0 saturated heterocycles. The molecule has 2 heterocycles. The van der Waals surface area contributed by atoms with Crippen molar-refractivity contribution < 1.29 is 23.7 Å². The van der Waals surface area contributed by atoms with E-state index in [1.165, 1.54) is 26.2 Å². The van der Waals surface area contributed by atoms with E-state index >= 15 is 0 Å². The van der Waals surface area contributed by atoms with Gasteiger partial charge in [0.2, 0.25) is 0 Å². The highest BCUT2D eigenvalue weighted by Gasteiger charge is 2.29. The fourth-order valence-corrected chi connectivity index (χ4v) is 3.28. The predicted molar refractivity (Wildman–Crippen MR) is 115 cm³/mol. The van der Waals surface area contributed by atoms with Crippen LogP contribution in [0.3, 0.4) is 0 Å². The van der Waals surface area contributed by atoms with Crippen LogP contribution in [0.4, 0.5) is 5.82 Å². The maximum absolute atomic E-state index is 13.5. The molecule has 1 aliphatic rings. The second-order valence-corrected chi connectivity index (χ2v) is 7.22. The topological polar surface area (TPSA) is 96.1 Å². The quantitative estimate of drug-likeness (QED) is 0.745. The molecule has 160 valence electrons. The summed E-state index contributed by atoms with van der Waals surface area (Å²) in [6.45, 7) is 4.44. The van der Waals surface area contributed by atoms with E-state index in [9.17, 15) is 4.79 Å². The number of carbonyl (C=O) groups is 1. The van der Waals surface area contributed by atoms with Crippen LogP contribution in [0.2, 0.25) is 0 Å². The van der Waals surface area contributed by atoms with Crippen molar-refractivity contribution in [2.75, 3.05) is 39.3 Å². The zero-order valence-corrected chi connectivity index (χ0v) is 17.9. The highest BCUT2D eigenvalue weighted by atomic mass is 16.5. The number of rotatable bonds is 7. The lowest BCUT2D eigenvalue weighted by Crippen LogP contribution is -2.36. The normalized spacial score (nSPS) is 13.8. The van der Waals surface area contributed by atoms with E-state index in [4.69, 9.17) is 24.7 Å². The predicted octanol–water partition coefficient (Wildman–Crippen LogP) is 2.90. The Labute approximate surface area is 176 Å². The van der Waals surface area contributed by atoms with Crippen molar-refractivity contribution in [3.63, 3.8) is 0 Å². The third-order valence-electron chi connectivity index (χ3n) is 4.71. The number of anilines is 1. The van der Waals surface area contributed by atoms with E-state index in [-0.39, 0.29) is 24.9 Å². The van der Waals surface area contributed by atoms with Crippen LogP contribution >= 0.6 is 0 Å². The van der Waals surface area contributed by atoms with Gasteiger partial charge >= 0.3 is 0 Å². The standard InChI is InChI=1S/C22H27N3O5/c1-22(2)11-10-14-16(30-22)7-6-15(19(14)28-4)21(26)25(13-12-23)18-9-8-17(27-3)20(24-18)29-5/h6-11H,12-13,23H2,1-5H3. The summed E-state index contributed by atoms with van der Waals surface area (Å²) in [5.41, 5.74) is 6.45.